The van der Waals surface area contributed by atoms with Crippen LogP contribution in [0.2, 0.25) is 0 Å². The van der Waals surface area contributed by atoms with Crippen LogP contribution in [0, 0.1) is 0 Å². The van der Waals surface area contributed by atoms with E-state index in [9.17, 15) is 4.79 Å². The van der Waals surface area contributed by atoms with Gasteiger partial charge in [0, 0.05) is 23.4 Å². The van der Waals surface area contributed by atoms with Crippen molar-refractivity contribution in [2.24, 2.45) is 0 Å². The molecule has 3 N–H and O–H groups in total. The van der Waals surface area contributed by atoms with Crippen molar-refractivity contribution < 1.29 is 4.79 Å². The first-order chi connectivity index (χ1) is 9.27. The highest BCUT2D eigenvalue weighted by molar-refractivity contribution is 7.99. The molecule has 2 aromatic rings. The molecule has 0 aliphatic rings. The van der Waals surface area contributed by atoms with E-state index < -0.39 is 0 Å². The third-order valence-electron chi connectivity index (χ3n) is 2.45. The van der Waals surface area contributed by atoms with E-state index in [1.54, 1.807) is 30.1 Å². The summed E-state index contributed by atoms with van der Waals surface area (Å²) in [4.78, 5) is 17.0. The zero-order chi connectivity index (χ0) is 13.5. The van der Waals surface area contributed by atoms with Crippen LogP contribution in [-0.2, 0) is 0 Å². The Morgan fingerprint density at radius 2 is 2.00 bits per heavy atom. The third kappa shape index (κ3) is 3.99. The van der Waals surface area contributed by atoms with Crippen LogP contribution in [0.3, 0.4) is 0 Å². The van der Waals surface area contributed by atoms with Crippen LogP contribution >= 0.6 is 11.8 Å². The molecule has 2 rings (SSSR count). The fraction of sp³-hybridized carbons (Fsp3) is 0.143. The Morgan fingerprint density at radius 1 is 1.21 bits per heavy atom. The molecular weight excluding hydrogens is 258 g/mol. The number of carbonyl (C=O) groups excluding carboxylic acids is 1. The van der Waals surface area contributed by atoms with Gasteiger partial charge in [-0.2, -0.15) is 0 Å². The van der Waals surface area contributed by atoms with E-state index in [1.807, 2.05) is 30.3 Å². The molecule has 98 valence electrons. The Kier molecular flexibility index (Phi) is 4.80. The predicted molar refractivity (Wildman–Crippen MR) is 78.1 cm³/mol. The number of rotatable bonds is 5. The molecular formula is C14H15N3OS. The second-order valence-electron chi connectivity index (χ2n) is 3.86. The fourth-order valence-electron chi connectivity index (χ4n) is 1.54. The highest BCUT2D eigenvalue weighted by Crippen LogP contribution is 2.15. The Morgan fingerprint density at radius 3 is 2.74 bits per heavy atom. The summed E-state index contributed by atoms with van der Waals surface area (Å²) < 4.78 is 0. The summed E-state index contributed by atoms with van der Waals surface area (Å²) in [6.45, 7) is 0.578. The van der Waals surface area contributed by atoms with Gasteiger partial charge in [-0.3, -0.25) is 4.79 Å². The van der Waals surface area contributed by atoms with Gasteiger partial charge in [0.2, 0.25) is 0 Å². The molecule has 0 spiro atoms. The molecule has 1 aromatic carbocycles. The van der Waals surface area contributed by atoms with Crippen LogP contribution in [0.1, 0.15) is 10.5 Å². The Bertz CT molecular complexity index is 545. The molecule has 0 bridgehead atoms. The number of benzene rings is 1. The second kappa shape index (κ2) is 6.80. The largest absolute Gasteiger partial charge is 0.397 e. The number of nitrogens with two attached hydrogens (primary N) is 1. The topological polar surface area (TPSA) is 68.0 Å². The zero-order valence-corrected chi connectivity index (χ0v) is 11.2. The van der Waals surface area contributed by atoms with Gasteiger partial charge in [0.1, 0.15) is 0 Å². The fourth-order valence-corrected chi connectivity index (χ4v) is 2.33. The standard InChI is InChI=1S/C14H15N3OS/c15-12-7-4-8-16-13(12)14(18)17-9-10-19-11-5-2-1-3-6-11/h1-8H,9-10,15H2,(H,17,18). The van der Waals surface area contributed by atoms with E-state index in [-0.39, 0.29) is 11.6 Å². The van der Waals surface area contributed by atoms with Crippen LogP contribution in [0.4, 0.5) is 5.69 Å². The summed E-state index contributed by atoms with van der Waals surface area (Å²) in [5.74, 6) is 0.578. The molecule has 0 fully saturated rings. The molecule has 1 heterocycles. The highest BCUT2D eigenvalue weighted by Gasteiger charge is 2.09. The van der Waals surface area contributed by atoms with Gasteiger partial charge in [-0.25, -0.2) is 4.98 Å². The van der Waals surface area contributed by atoms with Crippen molar-refractivity contribution in [2.75, 3.05) is 18.0 Å². The van der Waals surface area contributed by atoms with Crippen molar-refractivity contribution >= 4 is 23.4 Å². The number of nitrogens with one attached hydrogen (secondary N) is 1. The van der Waals surface area contributed by atoms with E-state index in [2.05, 4.69) is 10.3 Å². The quantitative estimate of drug-likeness (QED) is 0.647. The smallest absolute Gasteiger partial charge is 0.272 e. The number of anilines is 1. The minimum Gasteiger partial charge on any atom is -0.397 e. The van der Waals surface area contributed by atoms with Gasteiger partial charge in [0.25, 0.3) is 5.91 Å². The number of carbonyl (C=O) groups is 1. The van der Waals surface area contributed by atoms with Crippen molar-refractivity contribution in [2.45, 2.75) is 4.90 Å². The van der Waals surface area contributed by atoms with Gasteiger partial charge in [-0.05, 0) is 24.3 Å². The van der Waals surface area contributed by atoms with Gasteiger partial charge in [0.05, 0.1) is 5.69 Å². The zero-order valence-electron chi connectivity index (χ0n) is 10.4. The first kappa shape index (κ1) is 13.4. The highest BCUT2D eigenvalue weighted by atomic mass is 32.2. The molecule has 0 unspecified atom stereocenters. The van der Waals surface area contributed by atoms with Gasteiger partial charge < -0.3 is 11.1 Å². The molecule has 1 aromatic heterocycles. The number of thioether (sulfide) groups is 1. The van der Waals surface area contributed by atoms with Gasteiger partial charge >= 0.3 is 0 Å². The Balaban J connectivity index is 1.77. The monoisotopic (exact) mass is 273 g/mol. The van der Waals surface area contributed by atoms with Gasteiger partial charge in [0.15, 0.2) is 5.69 Å². The normalized spacial score (nSPS) is 10.1. The molecule has 5 heteroatoms. The van der Waals surface area contributed by atoms with Crippen LogP contribution in [0.15, 0.2) is 53.6 Å². The van der Waals surface area contributed by atoms with E-state index >= 15 is 0 Å². The first-order valence-electron chi connectivity index (χ1n) is 5.94. The molecule has 0 aliphatic heterocycles. The van der Waals surface area contributed by atoms with E-state index in [4.69, 9.17) is 5.73 Å². The van der Waals surface area contributed by atoms with Crippen LogP contribution in [0.25, 0.3) is 0 Å². The number of hydrogen-bond donors (Lipinski definition) is 2. The molecule has 4 nitrogen and oxygen atoms in total. The van der Waals surface area contributed by atoms with Crippen molar-refractivity contribution in [1.29, 1.82) is 0 Å². The molecule has 0 saturated heterocycles. The van der Waals surface area contributed by atoms with Crippen LogP contribution in [-0.4, -0.2) is 23.2 Å². The average molecular weight is 273 g/mol. The Labute approximate surface area is 116 Å². The molecule has 0 radical (unpaired) electrons. The molecule has 0 saturated carbocycles. The summed E-state index contributed by atoms with van der Waals surface area (Å²) in [7, 11) is 0. The lowest BCUT2D eigenvalue weighted by molar-refractivity contribution is 0.0952. The molecule has 0 atom stereocenters. The van der Waals surface area contributed by atoms with E-state index in [0.717, 1.165) is 5.75 Å². The number of nitrogen functional groups attached to an aromatic ring is 1. The maximum Gasteiger partial charge on any atom is 0.272 e. The first-order valence-corrected chi connectivity index (χ1v) is 6.92. The van der Waals surface area contributed by atoms with Crippen molar-refractivity contribution in [3.05, 3.63) is 54.4 Å². The minimum atomic E-state index is -0.230. The maximum absolute atomic E-state index is 11.8. The van der Waals surface area contributed by atoms with Crippen molar-refractivity contribution in [3.8, 4) is 0 Å². The van der Waals surface area contributed by atoms with Crippen molar-refractivity contribution in [1.82, 2.24) is 10.3 Å². The summed E-state index contributed by atoms with van der Waals surface area (Å²) >= 11 is 1.70. The number of hydrogen-bond acceptors (Lipinski definition) is 4. The summed E-state index contributed by atoms with van der Waals surface area (Å²) in [5, 5.41) is 2.81. The third-order valence-corrected chi connectivity index (χ3v) is 3.47. The van der Waals surface area contributed by atoms with Gasteiger partial charge in [-0.1, -0.05) is 18.2 Å². The SMILES string of the molecule is Nc1cccnc1C(=O)NCCSc1ccccc1. The average Bonchev–Trinajstić information content (AvgIpc) is 2.45. The minimum absolute atomic E-state index is 0.230. The van der Waals surface area contributed by atoms with E-state index in [1.165, 1.54) is 4.90 Å². The van der Waals surface area contributed by atoms with Crippen molar-refractivity contribution in [3.63, 3.8) is 0 Å². The number of aromatic nitrogens is 1. The lowest BCUT2D eigenvalue weighted by Crippen LogP contribution is -2.27. The number of amides is 1. The van der Waals surface area contributed by atoms with Crippen LogP contribution in [0.5, 0.6) is 0 Å². The lowest BCUT2D eigenvalue weighted by atomic mass is 10.3. The summed E-state index contributed by atoms with van der Waals surface area (Å²) in [5.41, 5.74) is 6.37. The molecule has 0 aliphatic carbocycles. The number of nitrogens with zero attached hydrogens (tertiary/aromatic N) is 1. The van der Waals surface area contributed by atoms with Gasteiger partial charge in [-0.15, -0.1) is 11.8 Å². The predicted octanol–water partition coefficient (Wildman–Crippen LogP) is 2.19. The van der Waals surface area contributed by atoms with Crippen LogP contribution < -0.4 is 11.1 Å². The molecule has 1 amide bonds. The Hall–Kier alpha value is -2.01. The summed E-state index contributed by atoms with van der Waals surface area (Å²) in [6.07, 6.45) is 1.56. The molecule has 19 heavy (non-hydrogen) atoms. The lowest BCUT2D eigenvalue weighted by Gasteiger charge is -2.06. The maximum atomic E-state index is 11.8. The second-order valence-corrected chi connectivity index (χ2v) is 5.03. The number of pyridine rings is 1. The van der Waals surface area contributed by atoms with E-state index in [0.29, 0.717) is 12.2 Å². The summed E-state index contributed by atoms with van der Waals surface area (Å²) in [6, 6.07) is 13.4.